The minimum Gasteiger partial charge on any atom is -0.385 e. The maximum absolute atomic E-state index is 13.6. The zero-order chi connectivity index (χ0) is 20.4. The molecule has 0 aliphatic carbocycles. The zero-order valence-electron chi connectivity index (χ0n) is 17.6. The number of nitrogens with zero attached hydrogens (tertiary/aromatic N) is 4. The topological polar surface area (TPSA) is 61.4 Å². The SMILES string of the molecule is CCc1nnsc1C(=O)N1Cc2ccccc2NCC[C@H]2CC[C@@H](C1)N2C(C)C. The summed E-state index contributed by atoms with van der Waals surface area (Å²) in [7, 11) is 0. The summed E-state index contributed by atoms with van der Waals surface area (Å²) in [6.45, 7) is 8.91. The first kappa shape index (κ1) is 20.3. The second kappa shape index (κ2) is 8.79. The monoisotopic (exact) mass is 413 g/mol. The number of fused-ring (bicyclic) bond motifs is 3. The van der Waals surface area contributed by atoms with Gasteiger partial charge in [-0.2, -0.15) is 0 Å². The van der Waals surface area contributed by atoms with Crippen LogP contribution in [-0.4, -0.2) is 56.5 Å². The molecule has 0 spiro atoms. The van der Waals surface area contributed by atoms with Gasteiger partial charge in [0.2, 0.25) is 0 Å². The fraction of sp³-hybridized carbons (Fsp3) is 0.591. The molecule has 7 heteroatoms. The van der Waals surface area contributed by atoms with Crippen molar-refractivity contribution in [2.45, 2.75) is 71.1 Å². The molecule has 6 nitrogen and oxygen atoms in total. The summed E-state index contributed by atoms with van der Waals surface area (Å²) in [5.74, 6) is 0.0676. The Hall–Kier alpha value is -1.99. The van der Waals surface area contributed by atoms with Crippen molar-refractivity contribution in [1.29, 1.82) is 0 Å². The van der Waals surface area contributed by atoms with Gasteiger partial charge in [0.25, 0.3) is 5.91 Å². The third-order valence-electron chi connectivity index (χ3n) is 6.25. The number of aryl methyl sites for hydroxylation is 1. The number of hydrogen-bond acceptors (Lipinski definition) is 6. The molecule has 0 radical (unpaired) electrons. The quantitative estimate of drug-likeness (QED) is 0.829. The van der Waals surface area contributed by atoms with Crippen molar-refractivity contribution in [2.75, 3.05) is 18.4 Å². The highest BCUT2D eigenvalue weighted by Gasteiger charge is 2.37. The molecule has 29 heavy (non-hydrogen) atoms. The fourth-order valence-electron chi connectivity index (χ4n) is 4.93. The van der Waals surface area contributed by atoms with Crippen LogP contribution in [0.3, 0.4) is 0 Å². The first-order chi connectivity index (χ1) is 14.1. The summed E-state index contributed by atoms with van der Waals surface area (Å²) in [6, 6.07) is 9.83. The average molecular weight is 414 g/mol. The van der Waals surface area contributed by atoms with Gasteiger partial charge in [0, 0.05) is 43.4 Å². The number of carbonyl (C=O) groups is 1. The maximum Gasteiger partial charge on any atom is 0.267 e. The molecule has 1 saturated heterocycles. The Morgan fingerprint density at radius 2 is 2.03 bits per heavy atom. The van der Waals surface area contributed by atoms with Crippen molar-refractivity contribution in [1.82, 2.24) is 19.4 Å². The molecule has 1 aromatic carbocycles. The van der Waals surface area contributed by atoms with E-state index in [1.54, 1.807) is 0 Å². The van der Waals surface area contributed by atoms with Gasteiger partial charge in [0.05, 0.1) is 5.69 Å². The normalized spacial score (nSPS) is 22.8. The van der Waals surface area contributed by atoms with E-state index in [4.69, 9.17) is 0 Å². The second-order valence-corrected chi connectivity index (χ2v) is 9.14. The molecular formula is C22H31N5OS. The number of aromatic nitrogens is 2. The summed E-state index contributed by atoms with van der Waals surface area (Å²) < 4.78 is 4.06. The van der Waals surface area contributed by atoms with Gasteiger partial charge in [0.1, 0.15) is 4.88 Å². The van der Waals surface area contributed by atoms with Gasteiger partial charge in [-0.3, -0.25) is 9.69 Å². The van der Waals surface area contributed by atoms with Crippen LogP contribution in [0.5, 0.6) is 0 Å². The number of benzene rings is 1. The lowest BCUT2D eigenvalue weighted by Crippen LogP contribution is -2.48. The molecule has 3 heterocycles. The molecule has 2 bridgehead atoms. The lowest BCUT2D eigenvalue weighted by molar-refractivity contribution is 0.0637. The Morgan fingerprint density at radius 1 is 1.24 bits per heavy atom. The molecule has 1 fully saturated rings. The highest BCUT2D eigenvalue weighted by atomic mass is 32.1. The van der Waals surface area contributed by atoms with Gasteiger partial charge in [-0.05, 0) is 62.7 Å². The molecule has 2 atom stereocenters. The number of para-hydroxylation sites is 1. The number of rotatable bonds is 3. The van der Waals surface area contributed by atoms with E-state index in [-0.39, 0.29) is 5.91 Å². The number of hydrogen-bond donors (Lipinski definition) is 1. The molecule has 1 N–H and O–H groups in total. The zero-order valence-corrected chi connectivity index (χ0v) is 18.4. The predicted molar refractivity (Wildman–Crippen MR) is 117 cm³/mol. The van der Waals surface area contributed by atoms with Crippen LogP contribution in [0.15, 0.2) is 24.3 Å². The molecule has 2 aliphatic heterocycles. The first-order valence-electron chi connectivity index (χ1n) is 10.8. The van der Waals surface area contributed by atoms with Crippen molar-refractivity contribution in [3.8, 4) is 0 Å². The number of amides is 1. The van der Waals surface area contributed by atoms with E-state index in [0.29, 0.717) is 29.5 Å². The van der Waals surface area contributed by atoms with Gasteiger partial charge in [0.15, 0.2) is 0 Å². The van der Waals surface area contributed by atoms with E-state index in [1.165, 1.54) is 23.5 Å². The number of nitrogens with one attached hydrogen (secondary N) is 1. The van der Waals surface area contributed by atoms with Crippen LogP contribution >= 0.6 is 11.5 Å². The van der Waals surface area contributed by atoms with Crippen LogP contribution in [0.2, 0.25) is 0 Å². The van der Waals surface area contributed by atoms with Crippen LogP contribution < -0.4 is 5.32 Å². The van der Waals surface area contributed by atoms with Crippen LogP contribution in [0.1, 0.15) is 61.0 Å². The second-order valence-electron chi connectivity index (χ2n) is 8.39. The summed E-state index contributed by atoms with van der Waals surface area (Å²) in [5.41, 5.74) is 3.12. The third kappa shape index (κ3) is 4.16. The van der Waals surface area contributed by atoms with Crippen molar-refractivity contribution >= 4 is 23.1 Å². The van der Waals surface area contributed by atoms with Gasteiger partial charge >= 0.3 is 0 Å². The van der Waals surface area contributed by atoms with E-state index < -0.39 is 0 Å². The fourth-order valence-corrected chi connectivity index (χ4v) is 5.65. The Bertz CT molecular complexity index is 851. The van der Waals surface area contributed by atoms with Crippen LogP contribution in [0, 0.1) is 0 Å². The molecule has 2 aromatic rings. The van der Waals surface area contributed by atoms with Gasteiger partial charge < -0.3 is 10.2 Å². The van der Waals surface area contributed by atoms with Crippen molar-refractivity contribution < 1.29 is 4.79 Å². The molecule has 1 aromatic heterocycles. The summed E-state index contributed by atoms with van der Waals surface area (Å²) in [5, 5.41) is 7.81. The van der Waals surface area contributed by atoms with Gasteiger partial charge in [-0.1, -0.05) is 29.6 Å². The molecule has 1 amide bonds. The largest absolute Gasteiger partial charge is 0.385 e. The van der Waals surface area contributed by atoms with E-state index in [1.807, 2.05) is 11.8 Å². The van der Waals surface area contributed by atoms with E-state index in [0.717, 1.165) is 43.7 Å². The first-order valence-corrected chi connectivity index (χ1v) is 11.6. The minimum absolute atomic E-state index is 0.0676. The summed E-state index contributed by atoms with van der Waals surface area (Å²) >= 11 is 1.23. The predicted octanol–water partition coefficient (Wildman–Crippen LogP) is 3.80. The average Bonchev–Trinajstić information content (AvgIpc) is 3.33. The molecule has 4 rings (SSSR count). The lowest BCUT2D eigenvalue weighted by atomic mass is 10.1. The van der Waals surface area contributed by atoms with Gasteiger partial charge in [-0.25, -0.2) is 0 Å². The van der Waals surface area contributed by atoms with Crippen LogP contribution in [-0.2, 0) is 13.0 Å². The Labute approximate surface area is 177 Å². The molecule has 0 unspecified atom stereocenters. The van der Waals surface area contributed by atoms with Crippen molar-refractivity contribution in [3.05, 3.63) is 40.4 Å². The van der Waals surface area contributed by atoms with Crippen molar-refractivity contribution in [2.24, 2.45) is 0 Å². The highest BCUT2D eigenvalue weighted by Crippen LogP contribution is 2.32. The Balaban J connectivity index is 1.70. The van der Waals surface area contributed by atoms with E-state index >= 15 is 0 Å². The molecule has 156 valence electrons. The smallest absolute Gasteiger partial charge is 0.267 e. The van der Waals surface area contributed by atoms with Gasteiger partial charge in [-0.15, -0.1) is 5.10 Å². The lowest BCUT2D eigenvalue weighted by Gasteiger charge is -2.36. The number of anilines is 1. The van der Waals surface area contributed by atoms with Crippen molar-refractivity contribution in [3.63, 3.8) is 0 Å². The minimum atomic E-state index is 0.0676. The molecule has 2 aliphatic rings. The Kier molecular flexibility index (Phi) is 6.15. The van der Waals surface area contributed by atoms with E-state index in [2.05, 4.69) is 57.9 Å². The molecular weight excluding hydrogens is 382 g/mol. The molecule has 0 saturated carbocycles. The maximum atomic E-state index is 13.6. The van der Waals surface area contributed by atoms with E-state index in [9.17, 15) is 4.79 Å². The third-order valence-corrected chi connectivity index (χ3v) is 7.00. The highest BCUT2D eigenvalue weighted by molar-refractivity contribution is 7.08. The van der Waals surface area contributed by atoms with Crippen LogP contribution in [0.25, 0.3) is 0 Å². The number of carbonyl (C=O) groups excluding carboxylic acids is 1. The summed E-state index contributed by atoms with van der Waals surface area (Å²) in [6.07, 6.45) is 4.22. The standard InChI is InChI=1S/C22H31N5OS/c1-4-19-21(29-25-24-19)22(28)26-13-16-7-5-6-8-20(16)23-12-11-17-9-10-18(14-26)27(17)15(2)3/h5-8,15,17-18,23H,4,9-14H2,1-3H3/t17-,18+/m1/s1. The summed E-state index contributed by atoms with van der Waals surface area (Å²) in [4.78, 5) is 18.9. The van der Waals surface area contributed by atoms with Crippen LogP contribution in [0.4, 0.5) is 5.69 Å². The Morgan fingerprint density at radius 3 is 2.83 bits per heavy atom.